The molecule has 0 bridgehead atoms. The molecule has 0 saturated heterocycles. The number of anilines is 1. The van der Waals surface area contributed by atoms with Crippen LogP contribution in [0.4, 0.5) is 14.5 Å². The van der Waals surface area contributed by atoms with Crippen molar-refractivity contribution in [2.75, 3.05) is 11.6 Å². The second-order valence-corrected chi connectivity index (χ2v) is 13.7. The largest absolute Gasteiger partial charge is 0.481 e. The van der Waals surface area contributed by atoms with Crippen molar-refractivity contribution in [1.82, 2.24) is 4.57 Å². The molecule has 1 aromatic heterocycles. The highest BCUT2D eigenvalue weighted by atomic mass is 32.2. The van der Waals surface area contributed by atoms with Gasteiger partial charge in [0.15, 0.2) is 9.84 Å². The van der Waals surface area contributed by atoms with Crippen LogP contribution >= 0.6 is 0 Å². The van der Waals surface area contributed by atoms with Crippen molar-refractivity contribution in [3.63, 3.8) is 0 Å². The summed E-state index contributed by atoms with van der Waals surface area (Å²) in [5.74, 6) is -2.91. The molecular weight excluding hydrogens is 630 g/mol. The molecule has 4 aromatic rings. The fourth-order valence-corrected chi connectivity index (χ4v) is 6.16. The first-order chi connectivity index (χ1) is 22.1. The van der Waals surface area contributed by atoms with Gasteiger partial charge in [-0.3, -0.25) is 9.59 Å². The van der Waals surface area contributed by atoms with Crippen LogP contribution in [0, 0.1) is 11.6 Å². The maximum atomic E-state index is 14.2. The second-order valence-electron chi connectivity index (χ2n) is 11.6. The lowest BCUT2D eigenvalue weighted by Crippen LogP contribution is -2.20. The standard InChI is InChI=1S/C35H36F2N2O7S/c1-21(2)39-30(17-16-28(40)18-29(41)19-31(42)43)32(23-6-10-25(36)11-7-23)33(24-8-12-26(37)13-9-24)34(39)35(44)38-27-14-4-22(5-15-27)20-47(3,45)46/h4-17,21,28-29,40-41H,18-20H2,1-3H3,(H,38,44)(H,42,43)/b17-16+/t28-,29-/m1/s1. The van der Waals surface area contributed by atoms with Crippen LogP contribution in [0.25, 0.3) is 28.3 Å². The number of nitrogens with one attached hydrogen (secondary N) is 1. The Hall–Kier alpha value is -4.65. The van der Waals surface area contributed by atoms with E-state index in [0.29, 0.717) is 39.2 Å². The van der Waals surface area contributed by atoms with Crippen LogP contribution in [0.3, 0.4) is 0 Å². The van der Waals surface area contributed by atoms with Gasteiger partial charge in [-0.1, -0.05) is 42.5 Å². The van der Waals surface area contributed by atoms with Crippen molar-refractivity contribution in [1.29, 1.82) is 0 Å². The van der Waals surface area contributed by atoms with Crippen molar-refractivity contribution in [3.05, 3.63) is 107 Å². The van der Waals surface area contributed by atoms with E-state index in [-0.39, 0.29) is 23.9 Å². The number of carbonyl (C=O) groups is 2. The number of nitrogens with zero attached hydrogens (tertiary/aromatic N) is 1. The highest BCUT2D eigenvalue weighted by Crippen LogP contribution is 2.43. The maximum Gasteiger partial charge on any atom is 0.305 e. The van der Waals surface area contributed by atoms with Crippen molar-refractivity contribution in [2.45, 2.75) is 50.7 Å². The quantitative estimate of drug-likeness (QED) is 0.135. The molecule has 4 N–H and O–H groups in total. The molecule has 0 fully saturated rings. The number of aromatic nitrogens is 1. The lowest BCUT2D eigenvalue weighted by molar-refractivity contribution is -0.139. The molecule has 1 heterocycles. The number of aliphatic hydroxyl groups excluding tert-OH is 2. The lowest BCUT2D eigenvalue weighted by atomic mass is 9.94. The third kappa shape index (κ3) is 9.22. The predicted molar refractivity (Wildman–Crippen MR) is 176 cm³/mol. The average molecular weight is 667 g/mol. The number of sulfone groups is 1. The van der Waals surface area contributed by atoms with E-state index < -0.39 is 52.0 Å². The van der Waals surface area contributed by atoms with E-state index in [4.69, 9.17) is 5.11 Å². The van der Waals surface area contributed by atoms with Gasteiger partial charge in [0.25, 0.3) is 5.91 Å². The van der Waals surface area contributed by atoms with E-state index in [9.17, 15) is 37.0 Å². The fraction of sp³-hybridized carbons (Fsp3) is 0.257. The van der Waals surface area contributed by atoms with Crippen LogP contribution in [-0.4, -0.2) is 58.6 Å². The third-order valence-corrected chi connectivity index (χ3v) is 8.14. The van der Waals surface area contributed by atoms with Crippen LogP contribution in [0.2, 0.25) is 0 Å². The maximum absolute atomic E-state index is 14.2. The van der Waals surface area contributed by atoms with E-state index >= 15 is 0 Å². The van der Waals surface area contributed by atoms with Gasteiger partial charge in [-0.05, 0) is 73.0 Å². The smallest absolute Gasteiger partial charge is 0.305 e. The lowest BCUT2D eigenvalue weighted by Gasteiger charge is -2.17. The number of aliphatic carboxylic acids is 1. The molecule has 248 valence electrons. The van der Waals surface area contributed by atoms with Crippen molar-refractivity contribution in [2.24, 2.45) is 0 Å². The van der Waals surface area contributed by atoms with Gasteiger partial charge >= 0.3 is 5.97 Å². The molecule has 0 spiro atoms. The highest BCUT2D eigenvalue weighted by molar-refractivity contribution is 7.89. The van der Waals surface area contributed by atoms with Gasteiger partial charge in [0.05, 0.1) is 24.4 Å². The van der Waals surface area contributed by atoms with Gasteiger partial charge in [0, 0.05) is 41.2 Å². The molecule has 2 atom stereocenters. The summed E-state index contributed by atoms with van der Waals surface area (Å²) in [6.07, 6.45) is 0.691. The zero-order valence-electron chi connectivity index (χ0n) is 26.0. The molecule has 4 rings (SSSR count). The minimum absolute atomic E-state index is 0.165. The van der Waals surface area contributed by atoms with Crippen molar-refractivity contribution < 1.29 is 42.1 Å². The Kier molecular flexibility index (Phi) is 11.1. The number of benzene rings is 3. The molecule has 0 saturated carbocycles. The summed E-state index contributed by atoms with van der Waals surface area (Å²) >= 11 is 0. The molecular formula is C35H36F2N2O7S. The molecule has 1 amide bonds. The third-order valence-electron chi connectivity index (χ3n) is 7.28. The first-order valence-corrected chi connectivity index (χ1v) is 16.8. The number of carbonyl (C=O) groups excluding carboxylic acids is 1. The van der Waals surface area contributed by atoms with Crippen LogP contribution in [0.15, 0.2) is 78.9 Å². The molecule has 0 unspecified atom stereocenters. The van der Waals surface area contributed by atoms with Crippen molar-refractivity contribution >= 4 is 33.5 Å². The molecule has 9 nitrogen and oxygen atoms in total. The molecule has 0 aliphatic rings. The first-order valence-electron chi connectivity index (χ1n) is 14.8. The summed E-state index contributed by atoms with van der Waals surface area (Å²) in [4.78, 5) is 25.2. The van der Waals surface area contributed by atoms with Crippen LogP contribution in [0.5, 0.6) is 0 Å². The number of halogens is 2. The minimum atomic E-state index is -3.27. The van der Waals surface area contributed by atoms with Crippen molar-refractivity contribution in [3.8, 4) is 22.3 Å². The van der Waals surface area contributed by atoms with Gasteiger partial charge in [0.1, 0.15) is 17.3 Å². The second kappa shape index (κ2) is 14.8. The number of hydrogen-bond acceptors (Lipinski definition) is 6. The van der Waals surface area contributed by atoms with E-state index in [2.05, 4.69) is 5.32 Å². The zero-order valence-corrected chi connectivity index (χ0v) is 26.8. The van der Waals surface area contributed by atoms with Crippen LogP contribution < -0.4 is 5.32 Å². The van der Waals surface area contributed by atoms with Gasteiger partial charge in [-0.2, -0.15) is 0 Å². The number of hydrogen-bond donors (Lipinski definition) is 4. The fourth-order valence-electron chi connectivity index (χ4n) is 5.36. The minimum Gasteiger partial charge on any atom is -0.481 e. The molecule has 3 aromatic carbocycles. The summed E-state index contributed by atoms with van der Waals surface area (Å²) in [5.41, 5.74) is 3.41. The monoisotopic (exact) mass is 666 g/mol. The summed E-state index contributed by atoms with van der Waals surface area (Å²) in [6, 6.07) is 17.1. The Labute approximate surface area is 271 Å². The van der Waals surface area contributed by atoms with E-state index in [1.807, 2.05) is 13.8 Å². The summed E-state index contributed by atoms with van der Waals surface area (Å²) in [5, 5.41) is 32.6. The Morgan fingerprint density at radius 3 is 1.89 bits per heavy atom. The van der Waals surface area contributed by atoms with E-state index in [1.54, 1.807) is 34.9 Å². The Morgan fingerprint density at radius 1 is 0.872 bits per heavy atom. The predicted octanol–water partition coefficient (Wildman–Crippen LogP) is 6.08. The first kappa shape index (κ1) is 35.2. The normalized spacial score (nSPS) is 13.2. The molecule has 0 radical (unpaired) electrons. The highest BCUT2D eigenvalue weighted by Gasteiger charge is 2.30. The van der Waals surface area contributed by atoms with Gasteiger partial charge in [0.2, 0.25) is 0 Å². The summed E-state index contributed by atoms with van der Waals surface area (Å²) in [7, 11) is -3.27. The number of rotatable bonds is 13. The Morgan fingerprint density at radius 2 is 1.40 bits per heavy atom. The van der Waals surface area contributed by atoms with Crippen LogP contribution in [0.1, 0.15) is 54.5 Å². The summed E-state index contributed by atoms with van der Waals surface area (Å²) in [6.45, 7) is 3.67. The van der Waals surface area contributed by atoms with E-state index in [0.717, 1.165) is 6.26 Å². The molecule has 12 heteroatoms. The van der Waals surface area contributed by atoms with E-state index in [1.165, 1.54) is 54.6 Å². The topological polar surface area (TPSA) is 146 Å². The number of aliphatic hydroxyl groups is 2. The molecule has 0 aliphatic heterocycles. The Balaban J connectivity index is 1.93. The SMILES string of the molecule is CC(C)n1c(/C=C/[C@@H](O)C[C@@H](O)CC(=O)O)c(-c2ccc(F)cc2)c(-c2ccc(F)cc2)c1C(=O)Nc1ccc(CS(C)(=O)=O)cc1. The average Bonchev–Trinajstić information content (AvgIpc) is 3.32. The number of carboxylic acids is 1. The summed E-state index contributed by atoms with van der Waals surface area (Å²) < 4.78 is 53.4. The number of carboxylic acid groups (broad SMARTS) is 1. The molecule has 47 heavy (non-hydrogen) atoms. The van der Waals surface area contributed by atoms with Gasteiger partial charge < -0.3 is 25.2 Å². The molecule has 0 aliphatic carbocycles. The van der Waals surface area contributed by atoms with Gasteiger partial charge in [-0.15, -0.1) is 0 Å². The van der Waals surface area contributed by atoms with Crippen LogP contribution in [-0.2, 0) is 20.4 Å². The zero-order chi connectivity index (χ0) is 34.5. The number of amides is 1. The van der Waals surface area contributed by atoms with Gasteiger partial charge in [-0.25, -0.2) is 17.2 Å². The Bertz CT molecular complexity index is 1870.